The molecular formula is C21H19Cl3N2O. The molecule has 0 atom stereocenters. The Morgan fingerprint density at radius 1 is 1.00 bits per heavy atom. The Balaban J connectivity index is 1.37. The second-order valence-corrected chi connectivity index (χ2v) is 8.08. The van der Waals surface area contributed by atoms with E-state index in [1.165, 1.54) is 0 Å². The smallest absolute Gasteiger partial charge is 0.121 e. The molecule has 27 heavy (non-hydrogen) atoms. The molecule has 0 spiro atoms. The van der Waals surface area contributed by atoms with Crippen LogP contribution in [-0.2, 0) is 6.54 Å². The summed E-state index contributed by atoms with van der Waals surface area (Å²) in [6.07, 6.45) is 5.68. The van der Waals surface area contributed by atoms with Crippen molar-refractivity contribution in [3.05, 3.63) is 69.4 Å². The first kappa shape index (κ1) is 18.8. The summed E-state index contributed by atoms with van der Waals surface area (Å²) < 4.78 is 6.21. The van der Waals surface area contributed by atoms with Gasteiger partial charge in [-0.15, -0.1) is 0 Å². The lowest BCUT2D eigenvalue weighted by Gasteiger charge is -2.32. The van der Waals surface area contributed by atoms with Crippen LogP contribution in [0, 0.1) is 0 Å². The standard InChI is InChI=1S/C21H19Cl3N2O/c22-16-2-1-15(20(23)10-16)13-26-7-4-17(5-8-26)27-18-9-14-3-6-25-12-19(14)21(24)11-18/h1-3,6,9-12,17H,4-5,7-8,13H2. The normalized spacial score (nSPS) is 16.0. The summed E-state index contributed by atoms with van der Waals surface area (Å²) in [5.41, 5.74) is 1.11. The van der Waals surface area contributed by atoms with Gasteiger partial charge in [0.05, 0.1) is 5.02 Å². The first-order valence-corrected chi connectivity index (χ1v) is 10.1. The molecule has 1 aliphatic heterocycles. The van der Waals surface area contributed by atoms with Gasteiger partial charge in [0.2, 0.25) is 0 Å². The summed E-state index contributed by atoms with van der Waals surface area (Å²) in [5.74, 6) is 0.817. The van der Waals surface area contributed by atoms with Gasteiger partial charge in [-0.1, -0.05) is 40.9 Å². The van der Waals surface area contributed by atoms with Gasteiger partial charge in [-0.3, -0.25) is 9.88 Å². The SMILES string of the molecule is Clc1ccc(CN2CCC(Oc3cc(Cl)c4cnccc4c3)CC2)c(Cl)c1. The van der Waals surface area contributed by atoms with Crippen LogP contribution in [0.2, 0.25) is 15.1 Å². The molecule has 0 radical (unpaired) electrons. The molecule has 2 aromatic carbocycles. The molecule has 1 fully saturated rings. The fourth-order valence-electron chi connectivity index (χ4n) is 3.46. The number of ether oxygens (including phenoxy) is 1. The molecule has 0 unspecified atom stereocenters. The Kier molecular flexibility index (Phi) is 5.74. The minimum atomic E-state index is 0.192. The highest BCUT2D eigenvalue weighted by Crippen LogP contribution is 2.30. The number of rotatable bonds is 4. The fraction of sp³-hybridized carbons (Fsp3) is 0.286. The largest absolute Gasteiger partial charge is 0.490 e. The molecule has 3 aromatic rings. The zero-order valence-electron chi connectivity index (χ0n) is 14.7. The lowest BCUT2D eigenvalue weighted by molar-refractivity contribution is 0.0969. The van der Waals surface area contributed by atoms with Crippen molar-refractivity contribution in [3.63, 3.8) is 0 Å². The number of aromatic nitrogens is 1. The van der Waals surface area contributed by atoms with Crippen LogP contribution in [0.1, 0.15) is 18.4 Å². The predicted molar refractivity (Wildman–Crippen MR) is 112 cm³/mol. The van der Waals surface area contributed by atoms with Gasteiger partial charge in [-0.2, -0.15) is 0 Å². The third kappa shape index (κ3) is 4.49. The van der Waals surface area contributed by atoms with E-state index in [1.54, 1.807) is 18.5 Å². The van der Waals surface area contributed by atoms with Gasteiger partial charge in [0.15, 0.2) is 0 Å². The van der Waals surface area contributed by atoms with Gasteiger partial charge in [0.1, 0.15) is 11.9 Å². The Morgan fingerprint density at radius 3 is 2.59 bits per heavy atom. The minimum Gasteiger partial charge on any atom is -0.490 e. The maximum atomic E-state index is 6.37. The van der Waals surface area contributed by atoms with Crippen LogP contribution < -0.4 is 4.74 Å². The molecule has 1 aliphatic rings. The van der Waals surface area contributed by atoms with E-state index >= 15 is 0 Å². The number of fused-ring (bicyclic) bond motifs is 1. The van der Waals surface area contributed by atoms with Crippen molar-refractivity contribution in [1.82, 2.24) is 9.88 Å². The summed E-state index contributed by atoms with van der Waals surface area (Å²) in [4.78, 5) is 6.52. The lowest BCUT2D eigenvalue weighted by atomic mass is 10.1. The van der Waals surface area contributed by atoms with E-state index in [4.69, 9.17) is 39.5 Å². The highest BCUT2D eigenvalue weighted by atomic mass is 35.5. The summed E-state index contributed by atoms with van der Waals surface area (Å²) in [6, 6.07) is 11.5. The molecule has 4 rings (SSSR count). The Morgan fingerprint density at radius 2 is 1.81 bits per heavy atom. The van der Waals surface area contributed by atoms with Gasteiger partial charge < -0.3 is 4.74 Å². The second-order valence-electron chi connectivity index (χ2n) is 6.83. The molecule has 0 N–H and O–H groups in total. The Hall–Kier alpha value is -1.52. The zero-order valence-corrected chi connectivity index (χ0v) is 16.9. The molecule has 2 heterocycles. The summed E-state index contributed by atoms with van der Waals surface area (Å²) in [7, 11) is 0. The van der Waals surface area contributed by atoms with Gasteiger partial charge in [0, 0.05) is 47.5 Å². The van der Waals surface area contributed by atoms with Crippen LogP contribution in [-0.4, -0.2) is 29.1 Å². The predicted octanol–water partition coefficient (Wildman–Crippen LogP) is 6.24. The van der Waals surface area contributed by atoms with Crippen molar-refractivity contribution in [3.8, 4) is 5.75 Å². The van der Waals surface area contributed by atoms with Crippen LogP contribution >= 0.6 is 34.8 Å². The van der Waals surface area contributed by atoms with E-state index in [0.717, 1.165) is 59.6 Å². The van der Waals surface area contributed by atoms with Crippen LogP contribution in [0.4, 0.5) is 0 Å². The molecular weight excluding hydrogens is 403 g/mol. The number of halogens is 3. The van der Waals surface area contributed by atoms with Crippen molar-refractivity contribution in [1.29, 1.82) is 0 Å². The third-order valence-electron chi connectivity index (χ3n) is 4.93. The molecule has 1 aromatic heterocycles. The number of likely N-dealkylation sites (tertiary alicyclic amines) is 1. The van der Waals surface area contributed by atoms with Crippen molar-refractivity contribution < 1.29 is 4.74 Å². The number of benzene rings is 2. The average Bonchev–Trinajstić information content (AvgIpc) is 2.66. The monoisotopic (exact) mass is 420 g/mol. The molecule has 0 saturated carbocycles. The molecule has 6 heteroatoms. The molecule has 140 valence electrons. The maximum Gasteiger partial charge on any atom is 0.121 e. The van der Waals surface area contributed by atoms with Crippen molar-refractivity contribution in [2.24, 2.45) is 0 Å². The molecule has 0 aliphatic carbocycles. The number of pyridine rings is 1. The zero-order chi connectivity index (χ0) is 18.8. The molecule has 1 saturated heterocycles. The van der Waals surface area contributed by atoms with Crippen molar-refractivity contribution in [2.45, 2.75) is 25.5 Å². The van der Waals surface area contributed by atoms with E-state index < -0.39 is 0 Å². The third-order valence-corrected chi connectivity index (χ3v) is 5.82. The van der Waals surface area contributed by atoms with E-state index in [9.17, 15) is 0 Å². The van der Waals surface area contributed by atoms with Crippen LogP contribution in [0.5, 0.6) is 5.75 Å². The van der Waals surface area contributed by atoms with Gasteiger partial charge in [0.25, 0.3) is 0 Å². The minimum absolute atomic E-state index is 0.192. The number of hydrogen-bond donors (Lipinski definition) is 0. The first-order valence-electron chi connectivity index (χ1n) is 8.95. The molecule has 3 nitrogen and oxygen atoms in total. The lowest BCUT2D eigenvalue weighted by Crippen LogP contribution is -2.37. The highest BCUT2D eigenvalue weighted by molar-refractivity contribution is 6.35. The Labute approximate surface area is 173 Å². The van der Waals surface area contributed by atoms with Gasteiger partial charge >= 0.3 is 0 Å². The number of hydrogen-bond acceptors (Lipinski definition) is 3. The maximum absolute atomic E-state index is 6.37. The van der Waals surface area contributed by atoms with Crippen LogP contribution in [0.15, 0.2) is 48.8 Å². The highest BCUT2D eigenvalue weighted by Gasteiger charge is 2.21. The van der Waals surface area contributed by atoms with Crippen molar-refractivity contribution >= 4 is 45.6 Å². The summed E-state index contributed by atoms with van der Waals surface area (Å²) >= 11 is 18.6. The van der Waals surface area contributed by atoms with Crippen LogP contribution in [0.3, 0.4) is 0 Å². The number of piperidine rings is 1. The van der Waals surface area contributed by atoms with Gasteiger partial charge in [-0.25, -0.2) is 0 Å². The first-order chi connectivity index (χ1) is 13.1. The summed E-state index contributed by atoms with van der Waals surface area (Å²) in [6.45, 7) is 2.77. The average molecular weight is 422 g/mol. The quantitative estimate of drug-likeness (QED) is 0.498. The second kappa shape index (κ2) is 8.24. The Bertz CT molecular complexity index is 955. The fourth-order valence-corrected chi connectivity index (χ4v) is 4.20. The van der Waals surface area contributed by atoms with Gasteiger partial charge in [-0.05, 0) is 54.1 Å². The summed E-state index contributed by atoms with van der Waals surface area (Å²) in [5, 5.41) is 4.05. The molecule has 0 amide bonds. The van der Waals surface area contributed by atoms with E-state index in [2.05, 4.69) is 9.88 Å². The topological polar surface area (TPSA) is 25.4 Å². The van der Waals surface area contributed by atoms with Crippen molar-refractivity contribution in [2.75, 3.05) is 13.1 Å². The van der Waals surface area contributed by atoms with Crippen LogP contribution in [0.25, 0.3) is 10.8 Å². The molecule has 0 bridgehead atoms. The van der Waals surface area contributed by atoms with E-state index in [1.807, 2.05) is 30.3 Å². The van der Waals surface area contributed by atoms with E-state index in [0.29, 0.717) is 10.0 Å². The van der Waals surface area contributed by atoms with E-state index in [-0.39, 0.29) is 6.10 Å². The number of nitrogens with zero attached hydrogens (tertiary/aromatic N) is 2.